The molecular weight excluding hydrogens is 244 g/mol. The van der Waals surface area contributed by atoms with Gasteiger partial charge >= 0.3 is 0 Å². The average Bonchev–Trinajstić information content (AvgIpc) is 2.84. The quantitative estimate of drug-likeness (QED) is 0.626. The lowest BCUT2D eigenvalue weighted by atomic mass is 10.1. The van der Waals surface area contributed by atoms with Gasteiger partial charge in [0.05, 0.1) is 17.7 Å². The number of aromatic amines is 1. The highest BCUT2D eigenvalue weighted by Crippen LogP contribution is 2.20. The van der Waals surface area contributed by atoms with E-state index in [-0.39, 0.29) is 5.92 Å². The molecule has 0 aromatic carbocycles. The third-order valence-corrected chi connectivity index (χ3v) is 2.89. The maximum atomic E-state index is 9.84. The summed E-state index contributed by atoms with van der Waals surface area (Å²) in [7, 11) is 0. The monoisotopic (exact) mass is 264 g/mol. The fourth-order valence-corrected chi connectivity index (χ4v) is 1.64. The highest BCUT2D eigenvalue weighted by molar-refractivity contribution is 5.86. The Bertz CT molecular complexity index is 538. The zero-order valence-corrected chi connectivity index (χ0v) is 11.4. The smallest absolute Gasteiger partial charge is 0.226 e. The molecule has 7 nitrogen and oxygen atoms in total. The maximum absolute atomic E-state index is 9.84. The summed E-state index contributed by atoms with van der Waals surface area (Å²) in [5.74, 6) is 1.41. The zero-order valence-electron chi connectivity index (χ0n) is 11.4. The molecule has 2 aromatic heterocycles. The van der Waals surface area contributed by atoms with Gasteiger partial charge in [-0.25, -0.2) is 0 Å². The van der Waals surface area contributed by atoms with Gasteiger partial charge in [0.1, 0.15) is 5.82 Å². The molecule has 0 fully saturated rings. The Balaban J connectivity index is 2.22. The van der Waals surface area contributed by atoms with E-state index in [1.807, 2.05) is 20.8 Å². The summed E-state index contributed by atoms with van der Waals surface area (Å²) >= 11 is 0. The molecule has 0 saturated carbocycles. The molecule has 2 aromatic rings. The van der Waals surface area contributed by atoms with Gasteiger partial charge in [0, 0.05) is 13.1 Å². The first-order valence-corrected chi connectivity index (χ1v) is 6.48. The van der Waals surface area contributed by atoms with Gasteiger partial charge in [-0.1, -0.05) is 13.8 Å². The molecule has 104 valence electrons. The number of aliphatic hydroxyl groups excluding tert-OH is 1. The molecule has 0 spiro atoms. The molecule has 1 atom stereocenters. The number of hydrogen-bond donors (Lipinski definition) is 4. The highest BCUT2D eigenvalue weighted by atomic mass is 16.3. The summed E-state index contributed by atoms with van der Waals surface area (Å²) < 4.78 is 0. The van der Waals surface area contributed by atoms with Gasteiger partial charge in [0.2, 0.25) is 5.95 Å². The van der Waals surface area contributed by atoms with E-state index in [1.54, 1.807) is 6.20 Å². The van der Waals surface area contributed by atoms with Crippen LogP contribution >= 0.6 is 0 Å². The number of nitrogens with one attached hydrogen (secondary N) is 3. The number of anilines is 2. The van der Waals surface area contributed by atoms with E-state index in [2.05, 4.69) is 30.8 Å². The standard InChI is InChI=1S/C12H20N6O/c1-4-13-12-16-10(14-6-9(19)7(2)3)8-5-15-18-11(8)17-12/h5,7,9,19H,4,6H2,1-3H3,(H3,13,14,15,16,17,18). The maximum Gasteiger partial charge on any atom is 0.226 e. The summed E-state index contributed by atoms with van der Waals surface area (Å²) in [5, 5.41) is 23.7. The Morgan fingerprint density at radius 2 is 2.11 bits per heavy atom. The molecule has 0 saturated heterocycles. The predicted octanol–water partition coefficient (Wildman–Crippen LogP) is 1.21. The van der Waals surface area contributed by atoms with E-state index in [4.69, 9.17) is 0 Å². The Hall–Kier alpha value is -1.89. The van der Waals surface area contributed by atoms with Crippen LogP contribution in [0.5, 0.6) is 0 Å². The Labute approximate surface area is 111 Å². The first-order chi connectivity index (χ1) is 9.11. The van der Waals surface area contributed by atoms with Crippen LogP contribution in [-0.2, 0) is 0 Å². The van der Waals surface area contributed by atoms with Gasteiger partial charge in [-0.05, 0) is 12.8 Å². The number of rotatable bonds is 6. The molecule has 1 unspecified atom stereocenters. The van der Waals surface area contributed by atoms with Gasteiger partial charge in [-0.15, -0.1) is 0 Å². The third-order valence-electron chi connectivity index (χ3n) is 2.89. The second kappa shape index (κ2) is 5.83. The zero-order chi connectivity index (χ0) is 13.8. The largest absolute Gasteiger partial charge is 0.391 e. The highest BCUT2D eigenvalue weighted by Gasteiger charge is 2.12. The van der Waals surface area contributed by atoms with Crippen molar-refractivity contribution in [3.63, 3.8) is 0 Å². The van der Waals surface area contributed by atoms with Crippen molar-refractivity contribution in [2.24, 2.45) is 5.92 Å². The van der Waals surface area contributed by atoms with Gasteiger partial charge in [-0.3, -0.25) is 5.10 Å². The minimum atomic E-state index is -0.417. The van der Waals surface area contributed by atoms with Crippen LogP contribution in [0.4, 0.5) is 11.8 Å². The molecule has 0 aliphatic rings. The van der Waals surface area contributed by atoms with Gasteiger partial charge < -0.3 is 15.7 Å². The minimum absolute atomic E-state index is 0.197. The topological polar surface area (TPSA) is 98.8 Å². The van der Waals surface area contributed by atoms with Crippen LogP contribution in [0.15, 0.2) is 6.20 Å². The van der Waals surface area contributed by atoms with E-state index < -0.39 is 6.10 Å². The molecule has 0 amide bonds. The van der Waals surface area contributed by atoms with Crippen molar-refractivity contribution < 1.29 is 5.11 Å². The summed E-state index contributed by atoms with van der Waals surface area (Å²) in [5.41, 5.74) is 0.674. The molecule has 0 aliphatic heterocycles. The molecule has 7 heteroatoms. The van der Waals surface area contributed by atoms with Crippen molar-refractivity contribution in [3.05, 3.63) is 6.20 Å². The van der Waals surface area contributed by atoms with Crippen LogP contribution in [0, 0.1) is 5.92 Å². The summed E-state index contributed by atoms with van der Waals surface area (Å²) in [6.45, 7) is 7.12. The van der Waals surface area contributed by atoms with Gasteiger partial charge in [-0.2, -0.15) is 15.1 Å². The van der Waals surface area contributed by atoms with Crippen molar-refractivity contribution in [1.29, 1.82) is 0 Å². The Kier molecular flexibility index (Phi) is 4.16. The number of H-pyrrole nitrogens is 1. The van der Waals surface area contributed by atoms with Crippen molar-refractivity contribution in [1.82, 2.24) is 20.2 Å². The van der Waals surface area contributed by atoms with Crippen molar-refractivity contribution in [3.8, 4) is 0 Å². The lowest BCUT2D eigenvalue weighted by Crippen LogP contribution is -2.25. The molecule has 0 bridgehead atoms. The summed E-state index contributed by atoms with van der Waals surface area (Å²) in [4.78, 5) is 8.69. The lowest BCUT2D eigenvalue weighted by molar-refractivity contribution is 0.138. The van der Waals surface area contributed by atoms with E-state index in [1.165, 1.54) is 0 Å². The minimum Gasteiger partial charge on any atom is -0.391 e. The van der Waals surface area contributed by atoms with Crippen molar-refractivity contribution in [2.75, 3.05) is 23.7 Å². The fraction of sp³-hybridized carbons (Fsp3) is 0.583. The predicted molar refractivity (Wildman–Crippen MR) is 75.2 cm³/mol. The van der Waals surface area contributed by atoms with Gasteiger partial charge in [0.15, 0.2) is 5.65 Å². The molecular formula is C12H20N6O. The second-order valence-electron chi connectivity index (χ2n) is 4.75. The van der Waals surface area contributed by atoms with E-state index in [0.29, 0.717) is 24.0 Å². The SMILES string of the molecule is CCNc1nc(NCC(O)C(C)C)c2cn[nH]c2n1. The summed E-state index contributed by atoms with van der Waals surface area (Å²) in [6, 6.07) is 0. The fourth-order valence-electron chi connectivity index (χ4n) is 1.64. The van der Waals surface area contributed by atoms with Crippen LogP contribution in [0.25, 0.3) is 11.0 Å². The molecule has 0 radical (unpaired) electrons. The number of aromatic nitrogens is 4. The van der Waals surface area contributed by atoms with Crippen LogP contribution in [0.3, 0.4) is 0 Å². The number of aliphatic hydroxyl groups is 1. The Morgan fingerprint density at radius 3 is 2.79 bits per heavy atom. The third kappa shape index (κ3) is 3.11. The van der Waals surface area contributed by atoms with Crippen LogP contribution in [0.1, 0.15) is 20.8 Å². The van der Waals surface area contributed by atoms with Crippen LogP contribution < -0.4 is 10.6 Å². The number of nitrogens with zero attached hydrogens (tertiary/aromatic N) is 3. The Morgan fingerprint density at radius 1 is 1.32 bits per heavy atom. The average molecular weight is 264 g/mol. The number of fused-ring (bicyclic) bond motifs is 1. The molecule has 19 heavy (non-hydrogen) atoms. The van der Waals surface area contributed by atoms with E-state index >= 15 is 0 Å². The molecule has 2 rings (SSSR count). The first-order valence-electron chi connectivity index (χ1n) is 6.48. The first kappa shape index (κ1) is 13.5. The number of hydrogen-bond acceptors (Lipinski definition) is 6. The lowest BCUT2D eigenvalue weighted by Gasteiger charge is -2.16. The van der Waals surface area contributed by atoms with Crippen LogP contribution in [0.2, 0.25) is 0 Å². The summed E-state index contributed by atoms with van der Waals surface area (Å²) in [6.07, 6.45) is 1.26. The molecule has 0 aliphatic carbocycles. The van der Waals surface area contributed by atoms with Crippen molar-refractivity contribution in [2.45, 2.75) is 26.9 Å². The van der Waals surface area contributed by atoms with E-state index in [9.17, 15) is 5.11 Å². The van der Waals surface area contributed by atoms with Crippen LogP contribution in [-0.4, -0.2) is 44.5 Å². The second-order valence-corrected chi connectivity index (χ2v) is 4.75. The van der Waals surface area contributed by atoms with Crippen molar-refractivity contribution >= 4 is 22.8 Å². The molecule has 4 N–H and O–H groups in total. The normalized spacial score (nSPS) is 12.9. The molecule has 2 heterocycles. The van der Waals surface area contributed by atoms with E-state index in [0.717, 1.165) is 11.9 Å². The van der Waals surface area contributed by atoms with Gasteiger partial charge in [0.25, 0.3) is 0 Å².